The van der Waals surface area contributed by atoms with Gasteiger partial charge in [0, 0.05) is 38.8 Å². The second-order valence-electron chi connectivity index (χ2n) is 11.4. The summed E-state index contributed by atoms with van der Waals surface area (Å²) in [6.45, 7) is 6.16. The maximum atomic E-state index is 11.9. The summed E-state index contributed by atoms with van der Waals surface area (Å²) in [5, 5.41) is 6.12. The zero-order chi connectivity index (χ0) is 29.2. The fourth-order valence-electron chi connectivity index (χ4n) is 4.71. The van der Waals surface area contributed by atoms with E-state index < -0.39 is 0 Å². The van der Waals surface area contributed by atoms with Gasteiger partial charge in [-0.05, 0) is 50.4 Å². The van der Waals surface area contributed by atoms with Crippen molar-refractivity contribution in [2.45, 2.75) is 181 Å². The quantitative estimate of drug-likeness (QED) is 0.0745. The summed E-state index contributed by atoms with van der Waals surface area (Å²) in [6, 6.07) is 0. The SMILES string of the molecule is CCCCCCCCCCNC(=O)CCCCCC#CC#CCCCCCC(=O)NCCCCCCCCCC. The molecule has 0 radical (unpaired) electrons. The fourth-order valence-corrected chi connectivity index (χ4v) is 4.71. The van der Waals surface area contributed by atoms with E-state index in [-0.39, 0.29) is 11.8 Å². The van der Waals surface area contributed by atoms with E-state index in [1.165, 1.54) is 89.9 Å². The predicted octanol–water partition coefficient (Wildman–Crippen LogP) is 9.41. The molecule has 0 aliphatic carbocycles. The summed E-state index contributed by atoms with van der Waals surface area (Å²) in [7, 11) is 0. The van der Waals surface area contributed by atoms with Crippen LogP contribution >= 0.6 is 0 Å². The Morgan fingerprint density at radius 3 is 1.12 bits per heavy atom. The van der Waals surface area contributed by atoms with Crippen LogP contribution in [0.3, 0.4) is 0 Å². The van der Waals surface area contributed by atoms with Crippen LogP contribution in [0, 0.1) is 23.7 Å². The smallest absolute Gasteiger partial charge is 0.219 e. The van der Waals surface area contributed by atoms with Crippen LogP contribution < -0.4 is 10.6 Å². The van der Waals surface area contributed by atoms with Crippen molar-refractivity contribution >= 4 is 11.8 Å². The van der Waals surface area contributed by atoms with Gasteiger partial charge in [0.1, 0.15) is 0 Å². The van der Waals surface area contributed by atoms with Crippen molar-refractivity contribution in [2.24, 2.45) is 0 Å². The Bertz CT molecular complexity index is 635. The Labute approximate surface area is 249 Å². The van der Waals surface area contributed by atoms with Crippen molar-refractivity contribution in [1.82, 2.24) is 10.6 Å². The van der Waals surface area contributed by atoms with Gasteiger partial charge in [-0.1, -0.05) is 128 Å². The summed E-state index contributed by atoms with van der Waals surface area (Å²) >= 11 is 0. The van der Waals surface area contributed by atoms with Crippen LogP contribution in [0.2, 0.25) is 0 Å². The molecule has 4 heteroatoms. The molecule has 0 aliphatic rings. The lowest BCUT2D eigenvalue weighted by atomic mass is 10.1. The van der Waals surface area contributed by atoms with E-state index in [1.807, 2.05) is 0 Å². The molecule has 0 aromatic carbocycles. The minimum Gasteiger partial charge on any atom is -0.356 e. The van der Waals surface area contributed by atoms with E-state index in [9.17, 15) is 9.59 Å². The molecule has 0 unspecified atom stereocenters. The van der Waals surface area contributed by atoms with Gasteiger partial charge >= 0.3 is 0 Å². The van der Waals surface area contributed by atoms with E-state index in [1.54, 1.807) is 0 Å². The molecule has 0 rings (SSSR count). The van der Waals surface area contributed by atoms with Gasteiger partial charge < -0.3 is 10.6 Å². The molecule has 0 bridgehead atoms. The first kappa shape index (κ1) is 38.1. The third-order valence-electron chi connectivity index (χ3n) is 7.36. The molecule has 0 atom stereocenters. The lowest BCUT2D eigenvalue weighted by Crippen LogP contribution is -2.23. The number of hydrogen-bond donors (Lipinski definition) is 2. The van der Waals surface area contributed by atoms with Gasteiger partial charge in [-0.3, -0.25) is 9.59 Å². The Balaban J connectivity index is 3.41. The van der Waals surface area contributed by atoms with Gasteiger partial charge in [0.2, 0.25) is 11.8 Å². The maximum absolute atomic E-state index is 11.9. The van der Waals surface area contributed by atoms with Crippen molar-refractivity contribution in [2.75, 3.05) is 13.1 Å². The zero-order valence-corrected chi connectivity index (χ0v) is 26.6. The lowest BCUT2D eigenvalue weighted by Gasteiger charge is -2.05. The van der Waals surface area contributed by atoms with E-state index in [0.29, 0.717) is 12.8 Å². The average molecular weight is 557 g/mol. The molecule has 0 spiro atoms. The summed E-state index contributed by atoms with van der Waals surface area (Å²) in [4.78, 5) is 23.8. The first-order valence-corrected chi connectivity index (χ1v) is 17.2. The van der Waals surface area contributed by atoms with Gasteiger partial charge in [0.25, 0.3) is 0 Å². The van der Waals surface area contributed by atoms with E-state index >= 15 is 0 Å². The van der Waals surface area contributed by atoms with Crippen LogP contribution in [0.25, 0.3) is 0 Å². The van der Waals surface area contributed by atoms with Gasteiger partial charge in [-0.15, -0.1) is 0 Å². The highest BCUT2D eigenvalue weighted by Gasteiger charge is 2.01. The maximum Gasteiger partial charge on any atom is 0.219 e. The minimum absolute atomic E-state index is 0.194. The molecular weight excluding hydrogens is 492 g/mol. The van der Waals surface area contributed by atoms with Crippen LogP contribution in [0.5, 0.6) is 0 Å². The predicted molar refractivity (Wildman–Crippen MR) is 173 cm³/mol. The number of rotatable bonds is 28. The summed E-state index contributed by atoms with van der Waals surface area (Å²) in [6.07, 6.45) is 29.7. The molecule has 230 valence electrons. The third-order valence-corrected chi connectivity index (χ3v) is 7.36. The molecule has 2 N–H and O–H groups in total. The zero-order valence-electron chi connectivity index (χ0n) is 26.6. The highest BCUT2D eigenvalue weighted by molar-refractivity contribution is 5.76. The van der Waals surface area contributed by atoms with Gasteiger partial charge in [-0.2, -0.15) is 0 Å². The van der Waals surface area contributed by atoms with Crippen LogP contribution in [0.15, 0.2) is 0 Å². The van der Waals surface area contributed by atoms with Crippen molar-refractivity contribution in [3.8, 4) is 23.7 Å². The van der Waals surface area contributed by atoms with Gasteiger partial charge in [0.15, 0.2) is 0 Å². The largest absolute Gasteiger partial charge is 0.356 e. The number of carbonyl (C=O) groups excluding carboxylic acids is 2. The summed E-state index contributed by atoms with van der Waals surface area (Å²) < 4.78 is 0. The number of carbonyl (C=O) groups is 2. The van der Waals surface area contributed by atoms with Crippen molar-refractivity contribution < 1.29 is 9.59 Å². The molecule has 2 amide bonds. The monoisotopic (exact) mass is 556 g/mol. The average Bonchev–Trinajstić information content (AvgIpc) is 2.95. The first-order chi connectivity index (χ1) is 19.7. The number of unbranched alkanes of at least 4 members (excludes halogenated alkanes) is 20. The van der Waals surface area contributed by atoms with Crippen LogP contribution in [0.4, 0.5) is 0 Å². The summed E-state index contributed by atoms with van der Waals surface area (Å²) in [5.41, 5.74) is 0. The Hall–Kier alpha value is -1.94. The number of amides is 2. The summed E-state index contributed by atoms with van der Waals surface area (Å²) in [5.74, 6) is 12.5. The molecule has 0 aliphatic heterocycles. The molecule has 0 aromatic heterocycles. The first-order valence-electron chi connectivity index (χ1n) is 17.2. The van der Waals surface area contributed by atoms with E-state index in [2.05, 4.69) is 48.2 Å². The van der Waals surface area contributed by atoms with Crippen molar-refractivity contribution in [3.05, 3.63) is 0 Å². The molecule has 4 nitrogen and oxygen atoms in total. The second kappa shape index (κ2) is 33.3. The topological polar surface area (TPSA) is 58.2 Å². The molecule has 0 heterocycles. The van der Waals surface area contributed by atoms with Crippen LogP contribution in [0.1, 0.15) is 181 Å². The molecule has 40 heavy (non-hydrogen) atoms. The molecule has 0 saturated carbocycles. The van der Waals surface area contributed by atoms with Crippen LogP contribution in [-0.2, 0) is 9.59 Å². The molecular formula is C36H64N2O2. The highest BCUT2D eigenvalue weighted by atomic mass is 16.2. The molecule has 0 fully saturated rings. The molecule has 0 saturated heterocycles. The standard InChI is InChI=1S/C36H64N2O2/c1-3-5-7-9-11-21-25-29-33-37-35(39)31-27-23-19-17-15-13-14-16-18-20-24-28-32-36(40)38-34-30-26-22-12-10-8-6-4-2/h3-12,17-34H2,1-2H3,(H,37,39)(H,38,40). The Morgan fingerprint density at radius 2 is 0.750 bits per heavy atom. The van der Waals surface area contributed by atoms with E-state index in [0.717, 1.165) is 77.3 Å². The second-order valence-corrected chi connectivity index (χ2v) is 11.4. The van der Waals surface area contributed by atoms with Gasteiger partial charge in [0.05, 0.1) is 0 Å². The Kier molecular flexibility index (Phi) is 31.7. The van der Waals surface area contributed by atoms with Crippen LogP contribution in [-0.4, -0.2) is 24.9 Å². The number of hydrogen-bond acceptors (Lipinski definition) is 2. The fraction of sp³-hybridized carbons (Fsp3) is 0.833. The third kappa shape index (κ3) is 32.3. The van der Waals surface area contributed by atoms with Crippen molar-refractivity contribution in [3.63, 3.8) is 0 Å². The lowest BCUT2D eigenvalue weighted by molar-refractivity contribution is -0.122. The number of nitrogens with one attached hydrogen (secondary N) is 2. The van der Waals surface area contributed by atoms with Gasteiger partial charge in [-0.25, -0.2) is 0 Å². The Morgan fingerprint density at radius 1 is 0.425 bits per heavy atom. The minimum atomic E-state index is 0.194. The highest BCUT2D eigenvalue weighted by Crippen LogP contribution is 2.09. The normalized spacial score (nSPS) is 10.3. The van der Waals surface area contributed by atoms with Crippen molar-refractivity contribution in [1.29, 1.82) is 0 Å². The van der Waals surface area contributed by atoms with E-state index in [4.69, 9.17) is 0 Å². The molecule has 0 aromatic rings.